The van der Waals surface area contributed by atoms with Gasteiger partial charge in [-0.1, -0.05) is 5.16 Å². The number of methoxy groups -OCH3 is 2. The van der Waals surface area contributed by atoms with Gasteiger partial charge in [-0.3, -0.25) is 0 Å². The maximum Gasteiger partial charge on any atom is 0.161 e. The summed E-state index contributed by atoms with van der Waals surface area (Å²) in [7, 11) is 3.10. The topological polar surface area (TPSA) is 77.1 Å². The van der Waals surface area contributed by atoms with Crippen molar-refractivity contribution in [2.24, 2.45) is 10.9 Å². The van der Waals surface area contributed by atoms with E-state index in [1.54, 1.807) is 32.4 Å². The fourth-order valence-electron chi connectivity index (χ4n) is 1.23. The van der Waals surface area contributed by atoms with Crippen molar-refractivity contribution < 1.29 is 14.7 Å². The summed E-state index contributed by atoms with van der Waals surface area (Å²) in [5.41, 5.74) is 6.52. The molecule has 0 fully saturated rings. The molecule has 0 heterocycles. The Morgan fingerprint density at radius 2 is 2.00 bits per heavy atom. The molecular formula is C10H14N2O3. The number of rotatable bonds is 4. The third-order valence-corrected chi connectivity index (χ3v) is 2.03. The van der Waals surface area contributed by atoms with E-state index >= 15 is 0 Å². The summed E-state index contributed by atoms with van der Waals surface area (Å²) in [5.74, 6) is 1.19. The lowest BCUT2D eigenvalue weighted by Crippen LogP contribution is -2.15. The summed E-state index contributed by atoms with van der Waals surface area (Å²) in [6, 6.07) is 5.19. The Morgan fingerprint density at radius 3 is 2.47 bits per heavy atom. The summed E-state index contributed by atoms with van der Waals surface area (Å²) in [4.78, 5) is 0. The second-order valence-electron chi connectivity index (χ2n) is 2.82. The summed E-state index contributed by atoms with van der Waals surface area (Å²) in [5, 5.41) is 11.8. The van der Waals surface area contributed by atoms with E-state index in [-0.39, 0.29) is 6.54 Å². The minimum Gasteiger partial charge on any atom is -0.493 e. The second-order valence-corrected chi connectivity index (χ2v) is 2.82. The Balaban J connectivity index is 3.13. The third-order valence-electron chi connectivity index (χ3n) is 2.03. The van der Waals surface area contributed by atoms with E-state index in [0.717, 1.165) is 0 Å². The third kappa shape index (κ3) is 2.38. The van der Waals surface area contributed by atoms with E-state index in [9.17, 15) is 0 Å². The van der Waals surface area contributed by atoms with Crippen LogP contribution in [-0.2, 0) is 0 Å². The molecule has 1 rings (SSSR count). The Labute approximate surface area is 88.1 Å². The molecule has 5 nitrogen and oxygen atoms in total. The number of ether oxygens (including phenoxy) is 2. The number of nitrogens with two attached hydrogens (primary N) is 1. The molecule has 0 aliphatic carbocycles. The number of benzene rings is 1. The molecule has 0 aromatic heterocycles. The molecule has 82 valence electrons. The van der Waals surface area contributed by atoms with Crippen molar-refractivity contribution in [2.75, 3.05) is 20.8 Å². The van der Waals surface area contributed by atoms with Gasteiger partial charge in [-0.05, 0) is 18.2 Å². The van der Waals surface area contributed by atoms with Crippen LogP contribution in [0.25, 0.3) is 0 Å². The van der Waals surface area contributed by atoms with Crippen LogP contribution in [0.5, 0.6) is 11.5 Å². The van der Waals surface area contributed by atoms with Crippen LogP contribution in [-0.4, -0.2) is 31.7 Å². The molecule has 0 saturated carbocycles. The summed E-state index contributed by atoms with van der Waals surface area (Å²) in [6.07, 6.45) is 0. The fraction of sp³-hybridized carbons (Fsp3) is 0.300. The number of hydrogen-bond acceptors (Lipinski definition) is 5. The van der Waals surface area contributed by atoms with Crippen molar-refractivity contribution in [3.8, 4) is 11.5 Å². The van der Waals surface area contributed by atoms with Crippen LogP contribution in [0.1, 0.15) is 5.56 Å². The highest BCUT2D eigenvalue weighted by molar-refractivity contribution is 6.02. The predicted octanol–water partition coefficient (Wildman–Crippen LogP) is 0.841. The molecule has 0 saturated heterocycles. The Morgan fingerprint density at radius 1 is 1.33 bits per heavy atom. The number of oxime groups is 1. The first-order chi connectivity index (χ1) is 7.26. The van der Waals surface area contributed by atoms with Gasteiger partial charge in [-0.25, -0.2) is 0 Å². The second kappa shape index (κ2) is 5.21. The molecule has 0 aliphatic rings. The van der Waals surface area contributed by atoms with Gasteiger partial charge in [-0.2, -0.15) is 0 Å². The van der Waals surface area contributed by atoms with Gasteiger partial charge < -0.3 is 20.4 Å². The van der Waals surface area contributed by atoms with Gasteiger partial charge in [0.2, 0.25) is 0 Å². The molecule has 0 atom stereocenters. The monoisotopic (exact) mass is 210 g/mol. The maximum absolute atomic E-state index is 8.71. The van der Waals surface area contributed by atoms with Crippen molar-refractivity contribution in [3.05, 3.63) is 23.8 Å². The average molecular weight is 210 g/mol. The van der Waals surface area contributed by atoms with E-state index in [2.05, 4.69) is 5.16 Å². The number of nitrogens with zero attached hydrogens (tertiary/aromatic N) is 1. The lowest BCUT2D eigenvalue weighted by Gasteiger charge is -2.09. The lowest BCUT2D eigenvalue weighted by molar-refractivity contribution is 0.318. The zero-order chi connectivity index (χ0) is 11.3. The fourth-order valence-corrected chi connectivity index (χ4v) is 1.23. The molecule has 0 aliphatic heterocycles. The molecule has 0 bridgehead atoms. The predicted molar refractivity (Wildman–Crippen MR) is 56.9 cm³/mol. The largest absolute Gasteiger partial charge is 0.493 e. The maximum atomic E-state index is 8.71. The molecule has 0 amide bonds. The average Bonchev–Trinajstić information content (AvgIpc) is 2.30. The van der Waals surface area contributed by atoms with Gasteiger partial charge in [0.05, 0.1) is 14.2 Å². The smallest absolute Gasteiger partial charge is 0.161 e. The molecule has 0 unspecified atom stereocenters. The van der Waals surface area contributed by atoms with Crippen LogP contribution >= 0.6 is 0 Å². The highest BCUT2D eigenvalue weighted by Gasteiger charge is 2.08. The van der Waals surface area contributed by atoms with Crippen LogP contribution in [0.15, 0.2) is 23.4 Å². The Hall–Kier alpha value is -1.75. The zero-order valence-electron chi connectivity index (χ0n) is 8.73. The first-order valence-corrected chi connectivity index (χ1v) is 4.40. The van der Waals surface area contributed by atoms with Crippen molar-refractivity contribution in [2.45, 2.75) is 0 Å². The van der Waals surface area contributed by atoms with Crippen LogP contribution < -0.4 is 15.2 Å². The van der Waals surface area contributed by atoms with Gasteiger partial charge in [-0.15, -0.1) is 0 Å². The van der Waals surface area contributed by atoms with Crippen molar-refractivity contribution in [1.29, 1.82) is 0 Å². The van der Waals surface area contributed by atoms with Crippen molar-refractivity contribution in [1.82, 2.24) is 0 Å². The van der Waals surface area contributed by atoms with E-state index in [1.807, 2.05) is 0 Å². The Bertz CT molecular complexity index is 364. The van der Waals surface area contributed by atoms with Crippen LogP contribution in [0.3, 0.4) is 0 Å². The van der Waals surface area contributed by atoms with Crippen LogP contribution in [0.4, 0.5) is 0 Å². The van der Waals surface area contributed by atoms with Gasteiger partial charge in [0.15, 0.2) is 11.5 Å². The quantitative estimate of drug-likeness (QED) is 0.438. The highest BCUT2D eigenvalue weighted by atomic mass is 16.5. The lowest BCUT2D eigenvalue weighted by atomic mass is 10.1. The summed E-state index contributed by atoms with van der Waals surface area (Å²) < 4.78 is 10.2. The molecule has 1 aromatic rings. The van der Waals surface area contributed by atoms with Gasteiger partial charge in [0.1, 0.15) is 5.71 Å². The molecule has 0 spiro atoms. The SMILES string of the molecule is COc1ccc(/C(CN)=N/O)cc1OC. The van der Waals surface area contributed by atoms with Gasteiger partial charge in [0.25, 0.3) is 0 Å². The minimum absolute atomic E-state index is 0.159. The zero-order valence-corrected chi connectivity index (χ0v) is 8.73. The van der Waals surface area contributed by atoms with Crippen molar-refractivity contribution in [3.63, 3.8) is 0 Å². The first-order valence-electron chi connectivity index (χ1n) is 4.40. The van der Waals surface area contributed by atoms with E-state index in [1.165, 1.54) is 0 Å². The first kappa shape index (κ1) is 11.3. The van der Waals surface area contributed by atoms with E-state index in [0.29, 0.717) is 22.8 Å². The molecule has 1 aromatic carbocycles. The minimum atomic E-state index is 0.159. The van der Waals surface area contributed by atoms with Crippen LogP contribution in [0.2, 0.25) is 0 Å². The molecule has 3 N–H and O–H groups in total. The molecule has 0 radical (unpaired) electrons. The Kier molecular flexibility index (Phi) is 3.93. The van der Waals surface area contributed by atoms with Crippen molar-refractivity contribution >= 4 is 5.71 Å². The summed E-state index contributed by atoms with van der Waals surface area (Å²) in [6.45, 7) is 0.159. The van der Waals surface area contributed by atoms with E-state index in [4.69, 9.17) is 20.4 Å². The normalized spacial score (nSPS) is 11.3. The molecular weight excluding hydrogens is 196 g/mol. The molecule has 15 heavy (non-hydrogen) atoms. The van der Waals surface area contributed by atoms with Gasteiger partial charge >= 0.3 is 0 Å². The van der Waals surface area contributed by atoms with Gasteiger partial charge in [0, 0.05) is 12.1 Å². The summed E-state index contributed by atoms with van der Waals surface area (Å²) >= 11 is 0. The number of hydrogen-bond donors (Lipinski definition) is 2. The molecule has 5 heteroatoms. The highest BCUT2D eigenvalue weighted by Crippen LogP contribution is 2.27. The standard InChI is InChI=1S/C10H14N2O3/c1-14-9-4-3-7(5-10(9)15-2)8(6-11)12-13/h3-5,13H,6,11H2,1-2H3/b12-8+. The van der Waals surface area contributed by atoms with E-state index < -0.39 is 0 Å². The van der Waals surface area contributed by atoms with Crippen LogP contribution in [0, 0.1) is 0 Å².